The molecule has 1 saturated heterocycles. The molecule has 0 spiro atoms. The van der Waals surface area contributed by atoms with E-state index in [1.54, 1.807) is 18.5 Å². The number of hydrogen-bond acceptors (Lipinski definition) is 4. The number of halogens is 1. The van der Waals surface area contributed by atoms with Crippen molar-refractivity contribution in [1.29, 1.82) is 0 Å². The number of carbonyl (C=O) groups is 1. The molecular formula is C12H11ClN2O3S. The van der Waals surface area contributed by atoms with Crippen molar-refractivity contribution in [1.82, 2.24) is 9.97 Å². The summed E-state index contributed by atoms with van der Waals surface area (Å²) in [4.78, 5) is 19.4. The number of sulfone groups is 1. The molecule has 0 amide bonds. The van der Waals surface area contributed by atoms with Crippen LogP contribution in [-0.4, -0.2) is 35.7 Å². The Labute approximate surface area is 114 Å². The molecule has 0 aliphatic carbocycles. The highest BCUT2D eigenvalue weighted by molar-refractivity contribution is 7.91. The smallest absolute Gasteiger partial charge is 0.169 e. The monoisotopic (exact) mass is 298 g/mol. The van der Waals surface area contributed by atoms with E-state index in [-0.39, 0.29) is 17.3 Å². The Morgan fingerprint density at radius 2 is 2.26 bits per heavy atom. The molecule has 1 aliphatic heterocycles. The minimum Gasteiger partial charge on any atom is -0.345 e. The van der Waals surface area contributed by atoms with Crippen molar-refractivity contribution in [2.75, 3.05) is 11.5 Å². The molecule has 3 rings (SSSR count). The molecule has 100 valence electrons. The van der Waals surface area contributed by atoms with Gasteiger partial charge in [-0.15, -0.1) is 0 Å². The summed E-state index contributed by atoms with van der Waals surface area (Å²) in [5.74, 6) is -0.642. The lowest BCUT2D eigenvalue weighted by atomic mass is 9.97. The van der Waals surface area contributed by atoms with Crippen molar-refractivity contribution in [2.45, 2.75) is 6.42 Å². The lowest BCUT2D eigenvalue weighted by molar-refractivity contribution is 0.0935. The molecule has 1 unspecified atom stereocenters. The molecule has 2 aromatic heterocycles. The highest BCUT2D eigenvalue weighted by Gasteiger charge is 2.34. The maximum Gasteiger partial charge on any atom is 0.169 e. The highest BCUT2D eigenvalue weighted by Crippen LogP contribution is 2.29. The van der Waals surface area contributed by atoms with E-state index in [1.165, 1.54) is 0 Å². The number of nitrogens with one attached hydrogen (secondary N) is 1. The van der Waals surface area contributed by atoms with Crippen LogP contribution in [0.3, 0.4) is 0 Å². The van der Waals surface area contributed by atoms with E-state index >= 15 is 0 Å². The molecule has 0 bridgehead atoms. The minimum absolute atomic E-state index is 0.0730. The average Bonchev–Trinajstić information content (AvgIpc) is 2.92. The second kappa shape index (κ2) is 4.31. The van der Waals surface area contributed by atoms with Gasteiger partial charge in [0.1, 0.15) is 5.65 Å². The van der Waals surface area contributed by atoms with Crippen LogP contribution in [-0.2, 0) is 9.84 Å². The number of Topliss-reactive ketones (excluding diaryl/α,β-unsaturated/α-hetero) is 1. The fraction of sp³-hybridized carbons (Fsp3) is 0.333. The third-order valence-electron chi connectivity index (χ3n) is 3.39. The first-order chi connectivity index (χ1) is 8.98. The van der Waals surface area contributed by atoms with Gasteiger partial charge in [0.15, 0.2) is 15.6 Å². The van der Waals surface area contributed by atoms with Gasteiger partial charge in [0.25, 0.3) is 0 Å². The number of carbonyl (C=O) groups excluding carboxylic acids is 1. The van der Waals surface area contributed by atoms with Gasteiger partial charge in [-0.05, 0) is 12.5 Å². The van der Waals surface area contributed by atoms with E-state index in [2.05, 4.69) is 9.97 Å². The molecule has 1 N–H and O–H groups in total. The van der Waals surface area contributed by atoms with Crippen molar-refractivity contribution in [3.63, 3.8) is 0 Å². The Hall–Kier alpha value is -1.40. The number of aromatic amines is 1. The van der Waals surface area contributed by atoms with Gasteiger partial charge in [-0.25, -0.2) is 13.4 Å². The van der Waals surface area contributed by atoms with E-state index in [0.717, 1.165) is 0 Å². The van der Waals surface area contributed by atoms with Crippen LogP contribution in [0.15, 0.2) is 18.5 Å². The van der Waals surface area contributed by atoms with E-state index in [4.69, 9.17) is 11.6 Å². The third kappa shape index (κ3) is 2.15. The molecule has 19 heavy (non-hydrogen) atoms. The zero-order valence-corrected chi connectivity index (χ0v) is 11.5. The lowest BCUT2D eigenvalue weighted by Gasteiger charge is -2.05. The Balaban J connectivity index is 2.04. The zero-order valence-electron chi connectivity index (χ0n) is 9.89. The van der Waals surface area contributed by atoms with Gasteiger partial charge in [0.05, 0.1) is 16.5 Å². The number of nitrogens with zero attached hydrogens (tertiary/aromatic N) is 1. The van der Waals surface area contributed by atoms with E-state index < -0.39 is 15.8 Å². The van der Waals surface area contributed by atoms with Gasteiger partial charge >= 0.3 is 0 Å². The summed E-state index contributed by atoms with van der Waals surface area (Å²) in [5.41, 5.74) is 0.965. The first kappa shape index (κ1) is 12.6. The first-order valence-electron chi connectivity index (χ1n) is 5.84. The molecule has 0 aromatic carbocycles. The number of rotatable bonds is 2. The Bertz CT molecular complexity index is 766. The number of pyridine rings is 1. The van der Waals surface area contributed by atoms with Crippen LogP contribution in [0.25, 0.3) is 11.0 Å². The largest absolute Gasteiger partial charge is 0.345 e. The van der Waals surface area contributed by atoms with Crippen molar-refractivity contribution >= 4 is 38.3 Å². The van der Waals surface area contributed by atoms with E-state index in [1.807, 2.05) is 0 Å². The van der Waals surface area contributed by atoms with Gasteiger partial charge < -0.3 is 4.98 Å². The average molecular weight is 299 g/mol. The summed E-state index contributed by atoms with van der Waals surface area (Å²) in [6.45, 7) is 0. The normalized spacial score (nSPS) is 21.8. The van der Waals surface area contributed by atoms with Crippen LogP contribution in [0.1, 0.15) is 16.8 Å². The van der Waals surface area contributed by atoms with Crippen molar-refractivity contribution in [3.8, 4) is 0 Å². The molecule has 2 aromatic rings. The van der Waals surface area contributed by atoms with Gasteiger partial charge in [-0.3, -0.25) is 4.79 Å². The standard InChI is InChI=1S/C12H11ClN2O3S/c13-9-1-3-14-12-10(9)8(5-15-12)11(16)7-2-4-19(17,18)6-7/h1,3,5,7H,2,4,6H2,(H,14,15). The van der Waals surface area contributed by atoms with E-state index in [0.29, 0.717) is 28.0 Å². The molecule has 0 radical (unpaired) electrons. The van der Waals surface area contributed by atoms with Gasteiger partial charge in [0, 0.05) is 29.3 Å². The predicted molar refractivity (Wildman–Crippen MR) is 72.2 cm³/mol. The summed E-state index contributed by atoms with van der Waals surface area (Å²) in [6, 6.07) is 1.61. The second-order valence-corrected chi connectivity index (χ2v) is 7.32. The number of aromatic nitrogens is 2. The van der Waals surface area contributed by atoms with Gasteiger partial charge in [-0.1, -0.05) is 11.6 Å². The van der Waals surface area contributed by atoms with Gasteiger partial charge in [-0.2, -0.15) is 0 Å². The number of ketones is 1. The fourth-order valence-electron chi connectivity index (χ4n) is 2.43. The van der Waals surface area contributed by atoms with Crippen LogP contribution in [0.5, 0.6) is 0 Å². The Morgan fingerprint density at radius 3 is 2.95 bits per heavy atom. The summed E-state index contributed by atoms with van der Waals surface area (Å²) in [5, 5.41) is 1.01. The maximum atomic E-state index is 12.4. The molecule has 1 aliphatic rings. The van der Waals surface area contributed by atoms with Crippen LogP contribution in [0.2, 0.25) is 5.02 Å². The summed E-state index contributed by atoms with van der Waals surface area (Å²) in [6.07, 6.45) is 3.48. The topological polar surface area (TPSA) is 79.9 Å². The van der Waals surface area contributed by atoms with Crippen molar-refractivity contribution in [3.05, 3.63) is 29.0 Å². The maximum absolute atomic E-state index is 12.4. The fourth-order valence-corrected chi connectivity index (χ4v) is 4.42. The lowest BCUT2D eigenvalue weighted by Crippen LogP contribution is -2.16. The molecule has 0 saturated carbocycles. The van der Waals surface area contributed by atoms with E-state index in [9.17, 15) is 13.2 Å². The number of fused-ring (bicyclic) bond motifs is 1. The number of hydrogen-bond donors (Lipinski definition) is 1. The Kier molecular flexibility index (Phi) is 2.87. The zero-order chi connectivity index (χ0) is 13.6. The number of H-pyrrole nitrogens is 1. The molecule has 1 fully saturated rings. The Morgan fingerprint density at radius 1 is 1.47 bits per heavy atom. The molecule has 5 nitrogen and oxygen atoms in total. The first-order valence-corrected chi connectivity index (χ1v) is 8.04. The summed E-state index contributed by atoms with van der Waals surface area (Å²) >= 11 is 6.08. The molecule has 3 heterocycles. The second-order valence-electron chi connectivity index (χ2n) is 4.68. The summed E-state index contributed by atoms with van der Waals surface area (Å²) in [7, 11) is -3.07. The molecule has 1 atom stereocenters. The predicted octanol–water partition coefficient (Wildman–Crippen LogP) is 1.83. The van der Waals surface area contributed by atoms with Gasteiger partial charge in [0.2, 0.25) is 0 Å². The van der Waals surface area contributed by atoms with Crippen LogP contribution >= 0.6 is 11.6 Å². The van der Waals surface area contributed by atoms with Crippen molar-refractivity contribution < 1.29 is 13.2 Å². The van der Waals surface area contributed by atoms with Crippen LogP contribution < -0.4 is 0 Å². The molecular weight excluding hydrogens is 288 g/mol. The highest BCUT2D eigenvalue weighted by atomic mass is 35.5. The summed E-state index contributed by atoms with van der Waals surface area (Å²) < 4.78 is 22.9. The molecule has 7 heteroatoms. The quantitative estimate of drug-likeness (QED) is 0.858. The SMILES string of the molecule is O=C(c1c[nH]c2nccc(Cl)c12)C1CCS(=O)(=O)C1. The third-order valence-corrected chi connectivity index (χ3v) is 5.47. The van der Waals surface area contributed by atoms with Crippen molar-refractivity contribution in [2.24, 2.45) is 5.92 Å². The minimum atomic E-state index is -3.07. The van der Waals surface area contributed by atoms with Crippen LogP contribution in [0.4, 0.5) is 0 Å². The van der Waals surface area contributed by atoms with Crippen LogP contribution in [0, 0.1) is 5.92 Å².